The van der Waals surface area contributed by atoms with Gasteiger partial charge >= 0.3 is 10.1 Å². The van der Waals surface area contributed by atoms with Gasteiger partial charge in [0, 0.05) is 0 Å². The van der Waals surface area contributed by atoms with Crippen LogP contribution in [0.5, 0.6) is 5.75 Å². The molecule has 0 bridgehead atoms. The Hall–Kier alpha value is -2.33. The number of rotatable bonds is 3. The summed E-state index contributed by atoms with van der Waals surface area (Å²) in [5.74, 6) is 0.230. The smallest absolute Gasteiger partial charge is 0.344 e. The summed E-state index contributed by atoms with van der Waals surface area (Å²) >= 11 is 0. The molecule has 0 fully saturated rings. The number of hydrogen-bond acceptors (Lipinski definition) is 6. The molecular weight excluding hydrogens is 268 g/mol. The third-order valence-corrected chi connectivity index (χ3v) is 3.88. The maximum absolute atomic E-state index is 12.1. The van der Waals surface area contributed by atoms with Gasteiger partial charge in [-0.25, -0.2) is 0 Å². The van der Waals surface area contributed by atoms with Gasteiger partial charge < -0.3 is 8.71 Å². The Kier molecular flexibility index (Phi) is 3.27. The molecule has 0 aliphatic heterocycles. The van der Waals surface area contributed by atoms with Crippen molar-refractivity contribution >= 4 is 10.1 Å². The van der Waals surface area contributed by atoms with Gasteiger partial charge in [0.25, 0.3) is 0 Å². The van der Waals surface area contributed by atoms with Gasteiger partial charge in [-0.1, -0.05) is 11.2 Å². The molecule has 0 atom stereocenters. The van der Waals surface area contributed by atoms with E-state index in [1.54, 1.807) is 6.07 Å². The zero-order valence-corrected chi connectivity index (χ0v) is 11.1. The largest absolute Gasteiger partial charge is 0.379 e. The van der Waals surface area contributed by atoms with Crippen LogP contribution in [0.15, 0.2) is 33.7 Å². The Bertz CT molecular complexity index is 737. The third kappa shape index (κ3) is 2.58. The van der Waals surface area contributed by atoms with Crippen molar-refractivity contribution in [1.29, 1.82) is 5.26 Å². The summed E-state index contributed by atoms with van der Waals surface area (Å²) < 4.78 is 34.0. The Labute approximate surface area is 110 Å². The lowest BCUT2D eigenvalue weighted by molar-refractivity contribution is 0.390. The molecule has 0 saturated carbocycles. The second-order valence-electron chi connectivity index (χ2n) is 3.83. The molecule has 0 aliphatic rings. The van der Waals surface area contributed by atoms with Crippen molar-refractivity contribution in [3.8, 4) is 11.8 Å². The third-order valence-electron chi connectivity index (χ3n) is 2.39. The molecule has 0 spiro atoms. The van der Waals surface area contributed by atoms with E-state index in [1.807, 2.05) is 6.07 Å². The summed E-state index contributed by atoms with van der Waals surface area (Å²) in [5.41, 5.74) is 0.542. The molecule has 1 heterocycles. The first-order chi connectivity index (χ1) is 8.94. The van der Waals surface area contributed by atoms with E-state index in [2.05, 4.69) is 5.16 Å². The first-order valence-electron chi connectivity index (χ1n) is 5.31. The maximum atomic E-state index is 12.1. The summed E-state index contributed by atoms with van der Waals surface area (Å²) in [4.78, 5) is -0.0881. The minimum absolute atomic E-state index is 0.0686. The highest BCUT2D eigenvalue weighted by molar-refractivity contribution is 7.87. The molecule has 19 heavy (non-hydrogen) atoms. The van der Waals surface area contributed by atoms with Gasteiger partial charge in [0.2, 0.25) is 0 Å². The van der Waals surface area contributed by atoms with Gasteiger partial charge in [-0.05, 0) is 32.0 Å². The van der Waals surface area contributed by atoms with Crippen LogP contribution in [0.2, 0.25) is 0 Å². The van der Waals surface area contributed by atoms with Crippen LogP contribution in [0.1, 0.15) is 17.0 Å². The van der Waals surface area contributed by atoms with Crippen LogP contribution in [0, 0.1) is 25.2 Å². The zero-order chi connectivity index (χ0) is 14.0. The summed E-state index contributed by atoms with van der Waals surface area (Å²) in [5, 5.41) is 12.3. The van der Waals surface area contributed by atoms with Gasteiger partial charge in [0.05, 0.1) is 11.6 Å². The lowest BCUT2D eigenvalue weighted by atomic mass is 10.2. The molecule has 0 radical (unpaired) electrons. The van der Waals surface area contributed by atoms with Crippen LogP contribution >= 0.6 is 0 Å². The van der Waals surface area contributed by atoms with Gasteiger partial charge in [-0.2, -0.15) is 13.7 Å². The van der Waals surface area contributed by atoms with Crippen molar-refractivity contribution in [2.75, 3.05) is 0 Å². The molecule has 2 aromatic rings. The predicted octanol–water partition coefficient (Wildman–Crippen LogP) is 1.93. The Morgan fingerprint density at radius 1 is 1.37 bits per heavy atom. The SMILES string of the molecule is Cc1noc(C)c1S(=O)(=O)Oc1cccc(C#N)c1. The lowest BCUT2D eigenvalue weighted by Gasteiger charge is -2.06. The average molecular weight is 278 g/mol. The summed E-state index contributed by atoms with van der Waals surface area (Å²) in [6.45, 7) is 3.00. The van der Waals surface area contributed by atoms with Crippen molar-refractivity contribution < 1.29 is 17.1 Å². The number of benzene rings is 1. The van der Waals surface area contributed by atoms with Crippen LogP contribution in [0.4, 0.5) is 0 Å². The Morgan fingerprint density at radius 3 is 2.68 bits per heavy atom. The quantitative estimate of drug-likeness (QED) is 0.796. The van der Waals surface area contributed by atoms with Gasteiger partial charge in [0.1, 0.15) is 11.4 Å². The van der Waals surface area contributed by atoms with E-state index in [9.17, 15) is 8.42 Å². The Morgan fingerprint density at radius 2 is 2.11 bits per heavy atom. The molecule has 98 valence electrons. The van der Waals surface area contributed by atoms with E-state index >= 15 is 0 Å². The predicted molar refractivity (Wildman–Crippen MR) is 64.9 cm³/mol. The van der Waals surface area contributed by atoms with Crippen molar-refractivity contribution in [3.05, 3.63) is 41.3 Å². The molecular formula is C12H10N2O4S. The summed E-state index contributed by atoms with van der Waals surface area (Å²) in [6.07, 6.45) is 0. The van der Waals surface area contributed by atoms with Crippen molar-refractivity contribution in [2.45, 2.75) is 18.7 Å². The molecule has 1 aromatic carbocycles. The average Bonchev–Trinajstić information content (AvgIpc) is 2.69. The maximum Gasteiger partial charge on any atom is 0.344 e. The molecule has 0 amide bonds. The first-order valence-corrected chi connectivity index (χ1v) is 6.72. The monoisotopic (exact) mass is 278 g/mol. The van der Waals surface area contributed by atoms with Crippen LogP contribution in [0.25, 0.3) is 0 Å². The molecule has 0 saturated heterocycles. The van der Waals surface area contributed by atoms with Crippen molar-refractivity contribution in [2.24, 2.45) is 0 Å². The number of aryl methyl sites for hydroxylation is 2. The van der Waals surface area contributed by atoms with Gasteiger partial charge in [-0.3, -0.25) is 0 Å². The van der Waals surface area contributed by atoms with E-state index in [4.69, 9.17) is 14.0 Å². The van der Waals surface area contributed by atoms with Crippen LogP contribution in [0.3, 0.4) is 0 Å². The molecule has 7 heteroatoms. The van der Waals surface area contributed by atoms with Gasteiger partial charge in [-0.15, -0.1) is 0 Å². The van der Waals surface area contributed by atoms with Crippen molar-refractivity contribution in [3.63, 3.8) is 0 Å². The normalized spacial score (nSPS) is 11.0. The fourth-order valence-corrected chi connectivity index (χ4v) is 2.85. The van der Waals surface area contributed by atoms with Crippen LogP contribution in [-0.2, 0) is 10.1 Å². The molecule has 0 N–H and O–H groups in total. The fraction of sp³-hybridized carbons (Fsp3) is 0.167. The molecule has 6 nitrogen and oxygen atoms in total. The van der Waals surface area contributed by atoms with Crippen LogP contribution in [-0.4, -0.2) is 13.6 Å². The molecule has 0 aliphatic carbocycles. The van der Waals surface area contributed by atoms with E-state index < -0.39 is 10.1 Å². The molecule has 1 aromatic heterocycles. The molecule has 0 unspecified atom stereocenters. The number of nitriles is 1. The highest BCUT2D eigenvalue weighted by Crippen LogP contribution is 2.24. The highest BCUT2D eigenvalue weighted by atomic mass is 32.2. The van der Waals surface area contributed by atoms with Crippen molar-refractivity contribution in [1.82, 2.24) is 5.16 Å². The number of aromatic nitrogens is 1. The second-order valence-corrected chi connectivity index (χ2v) is 5.31. The summed E-state index contributed by atoms with van der Waals surface area (Å²) in [6, 6.07) is 7.79. The van der Waals surface area contributed by atoms with E-state index in [-0.39, 0.29) is 22.1 Å². The Balaban J connectivity index is 2.40. The van der Waals surface area contributed by atoms with Crippen LogP contribution < -0.4 is 4.18 Å². The number of hydrogen-bond donors (Lipinski definition) is 0. The minimum atomic E-state index is -4.02. The first kappa shape index (κ1) is 13.1. The topological polar surface area (TPSA) is 93.2 Å². The van der Waals surface area contributed by atoms with E-state index in [0.717, 1.165) is 0 Å². The highest BCUT2D eigenvalue weighted by Gasteiger charge is 2.26. The number of nitrogens with zero attached hydrogens (tertiary/aromatic N) is 2. The lowest BCUT2D eigenvalue weighted by Crippen LogP contribution is -2.11. The fourth-order valence-electron chi connectivity index (χ4n) is 1.62. The van der Waals surface area contributed by atoms with E-state index in [0.29, 0.717) is 5.56 Å². The van der Waals surface area contributed by atoms with Gasteiger partial charge in [0.15, 0.2) is 10.7 Å². The second kappa shape index (κ2) is 4.74. The van der Waals surface area contributed by atoms with E-state index in [1.165, 1.54) is 32.0 Å². The zero-order valence-electron chi connectivity index (χ0n) is 10.2. The minimum Gasteiger partial charge on any atom is -0.379 e. The standard InChI is InChI=1S/C12H10N2O4S/c1-8-12(9(2)17-14-8)19(15,16)18-11-5-3-4-10(6-11)7-13/h3-6H,1-2H3. The summed E-state index contributed by atoms with van der Waals surface area (Å²) in [7, 11) is -4.02. The molecule has 2 rings (SSSR count).